The molecule has 1 saturated heterocycles. The lowest BCUT2D eigenvalue weighted by atomic mass is 9.97. The first kappa shape index (κ1) is 13.8. The van der Waals surface area contributed by atoms with Gasteiger partial charge in [0, 0.05) is 29.8 Å². The Hall–Kier alpha value is -2.21. The van der Waals surface area contributed by atoms with Crippen molar-refractivity contribution >= 4 is 17.5 Å². The van der Waals surface area contributed by atoms with Crippen LogP contribution in [0.3, 0.4) is 0 Å². The number of halogens is 1. The highest BCUT2D eigenvalue weighted by atomic mass is 19.1. The summed E-state index contributed by atoms with van der Waals surface area (Å²) in [7, 11) is 0. The van der Waals surface area contributed by atoms with Gasteiger partial charge in [-0.05, 0) is 24.6 Å². The molecule has 0 aromatic heterocycles. The maximum atomic E-state index is 13.3. The third-order valence-electron chi connectivity index (χ3n) is 4.01. The zero-order valence-corrected chi connectivity index (χ0v) is 11.3. The Bertz CT molecular complexity index is 644. The van der Waals surface area contributed by atoms with Gasteiger partial charge in [0.05, 0.1) is 5.92 Å². The van der Waals surface area contributed by atoms with E-state index in [-0.39, 0.29) is 24.8 Å². The Morgan fingerprint density at radius 2 is 2.19 bits per heavy atom. The average Bonchev–Trinajstić information content (AvgIpc) is 2.66. The number of imide groups is 1. The third-order valence-corrected chi connectivity index (χ3v) is 4.01. The lowest BCUT2D eigenvalue weighted by Crippen LogP contribution is -2.45. The number of piperidine rings is 1. The summed E-state index contributed by atoms with van der Waals surface area (Å²) in [5, 5.41) is 12.6. The molecule has 1 aromatic rings. The first-order chi connectivity index (χ1) is 9.97. The molecule has 2 aliphatic heterocycles. The van der Waals surface area contributed by atoms with Gasteiger partial charge in [-0.2, -0.15) is 0 Å². The monoisotopic (exact) mass is 290 g/mol. The summed E-state index contributed by atoms with van der Waals surface area (Å²) in [6.07, 6.45) is -0.297. The molecule has 0 radical (unpaired) electrons. The third kappa shape index (κ3) is 2.31. The Morgan fingerprint density at radius 3 is 2.90 bits per heavy atom. The summed E-state index contributed by atoms with van der Waals surface area (Å²) in [6.45, 7) is 4.15. The van der Waals surface area contributed by atoms with Crippen LogP contribution in [0.2, 0.25) is 0 Å². The highest BCUT2D eigenvalue weighted by Gasteiger charge is 2.36. The molecule has 0 bridgehead atoms. The van der Waals surface area contributed by atoms with Crippen LogP contribution in [0.4, 0.5) is 4.39 Å². The van der Waals surface area contributed by atoms with Crippen molar-refractivity contribution in [3.8, 4) is 0 Å². The second-order valence-electron chi connectivity index (χ2n) is 5.35. The minimum absolute atomic E-state index is 0.245. The number of hydrogen-bond acceptors (Lipinski definition) is 4. The van der Waals surface area contributed by atoms with Gasteiger partial charge in [-0.25, -0.2) is 4.39 Å². The molecule has 1 fully saturated rings. The van der Waals surface area contributed by atoms with E-state index in [1.54, 1.807) is 11.0 Å². The first-order valence-corrected chi connectivity index (χ1v) is 6.74. The number of aliphatic hydroxyl groups excluding tert-OH is 1. The summed E-state index contributed by atoms with van der Waals surface area (Å²) < 4.78 is 13.3. The van der Waals surface area contributed by atoms with Crippen molar-refractivity contribution in [1.29, 1.82) is 0 Å². The molecular weight excluding hydrogens is 275 g/mol. The van der Waals surface area contributed by atoms with E-state index in [0.717, 1.165) is 0 Å². The van der Waals surface area contributed by atoms with E-state index >= 15 is 0 Å². The maximum absolute atomic E-state index is 13.3. The highest BCUT2D eigenvalue weighted by molar-refractivity contribution is 5.98. The van der Waals surface area contributed by atoms with Gasteiger partial charge in [0.2, 0.25) is 11.8 Å². The van der Waals surface area contributed by atoms with Gasteiger partial charge >= 0.3 is 0 Å². The minimum atomic E-state index is -1.02. The average molecular weight is 290 g/mol. The SMILES string of the molecule is C=C1c2ccc(F)cc2C(O)N1CC1CCC(=O)NC1=O. The van der Waals surface area contributed by atoms with Crippen LogP contribution in [0, 0.1) is 11.7 Å². The zero-order chi connectivity index (χ0) is 15.1. The number of fused-ring (bicyclic) bond motifs is 1. The number of benzene rings is 1. The molecule has 3 rings (SSSR count). The number of rotatable bonds is 2. The van der Waals surface area contributed by atoms with Crippen LogP contribution >= 0.6 is 0 Å². The van der Waals surface area contributed by atoms with E-state index in [9.17, 15) is 19.1 Å². The Labute approximate surface area is 121 Å². The standard InChI is InChI=1S/C15H15FN2O3/c1-8-11-4-3-10(16)6-12(11)15(21)18(8)7-9-2-5-13(19)17-14(9)20/h3-4,6,9,15,21H,1-2,5,7H2,(H,17,19,20). The molecule has 2 N–H and O–H groups in total. The van der Waals surface area contributed by atoms with Crippen LogP contribution in [-0.4, -0.2) is 28.4 Å². The fourth-order valence-corrected chi connectivity index (χ4v) is 2.84. The fraction of sp³-hybridized carbons (Fsp3) is 0.333. The van der Waals surface area contributed by atoms with Gasteiger partial charge in [0.1, 0.15) is 5.82 Å². The maximum Gasteiger partial charge on any atom is 0.231 e. The molecule has 5 nitrogen and oxygen atoms in total. The lowest BCUT2D eigenvalue weighted by molar-refractivity contribution is -0.137. The molecule has 0 aliphatic carbocycles. The topological polar surface area (TPSA) is 69.6 Å². The molecular formula is C15H15FN2O3. The van der Waals surface area contributed by atoms with Crippen molar-refractivity contribution in [1.82, 2.24) is 10.2 Å². The fourth-order valence-electron chi connectivity index (χ4n) is 2.84. The number of aliphatic hydroxyl groups is 1. The number of nitrogens with zero attached hydrogens (tertiary/aromatic N) is 1. The molecule has 2 amide bonds. The second kappa shape index (κ2) is 4.96. The molecule has 6 heteroatoms. The summed E-state index contributed by atoms with van der Waals surface area (Å²) >= 11 is 0. The predicted octanol–water partition coefficient (Wildman–Crippen LogP) is 1.16. The smallest absolute Gasteiger partial charge is 0.231 e. The van der Waals surface area contributed by atoms with E-state index in [4.69, 9.17) is 0 Å². The van der Waals surface area contributed by atoms with Crippen molar-refractivity contribution in [3.05, 3.63) is 41.7 Å². The van der Waals surface area contributed by atoms with E-state index in [1.165, 1.54) is 12.1 Å². The van der Waals surface area contributed by atoms with E-state index < -0.39 is 18.0 Å². The normalized spacial score (nSPS) is 25.0. The largest absolute Gasteiger partial charge is 0.369 e. The Morgan fingerprint density at radius 1 is 1.43 bits per heavy atom. The van der Waals surface area contributed by atoms with Crippen LogP contribution in [0.15, 0.2) is 24.8 Å². The zero-order valence-electron chi connectivity index (χ0n) is 11.3. The van der Waals surface area contributed by atoms with Crippen molar-refractivity contribution in [2.45, 2.75) is 19.1 Å². The minimum Gasteiger partial charge on any atom is -0.369 e. The van der Waals surface area contributed by atoms with E-state index in [2.05, 4.69) is 11.9 Å². The van der Waals surface area contributed by atoms with Crippen LogP contribution in [0.1, 0.15) is 30.2 Å². The van der Waals surface area contributed by atoms with Gasteiger partial charge in [-0.3, -0.25) is 14.9 Å². The molecule has 0 spiro atoms. The summed E-state index contributed by atoms with van der Waals surface area (Å²) in [4.78, 5) is 24.5. The van der Waals surface area contributed by atoms with Gasteiger partial charge < -0.3 is 10.0 Å². The number of nitrogens with one attached hydrogen (secondary N) is 1. The van der Waals surface area contributed by atoms with Gasteiger partial charge in [-0.15, -0.1) is 0 Å². The second-order valence-corrected chi connectivity index (χ2v) is 5.35. The number of amides is 2. The van der Waals surface area contributed by atoms with Crippen LogP contribution in [0.5, 0.6) is 0 Å². The number of carbonyl (C=O) groups excluding carboxylic acids is 2. The Kier molecular flexibility index (Phi) is 3.25. The molecule has 2 heterocycles. The highest BCUT2D eigenvalue weighted by Crippen LogP contribution is 2.40. The van der Waals surface area contributed by atoms with Crippen molar-refractivity contribution in [2.75, 3.05) is 6.54 Å². The number of carbonyl (C=O) groups is 2. The summed E-state index contributed by atoms with van der Waals surface area (Å²) in [6, 6.07) is 4.16. The molecule has 0 saturated carbocycles. The number of hydrogen-bond donors (Lipinski definition) is 2. The molecule has 110 valence electrons. The molecule has 2 atom stereocenters. The predicted molar refractivity (Wildman–Crippen MR) is 73.0 cm³/mol. The molecule has 2 aliphatic rings. The van der Waals surface area contributed by atoms with Gasteiger partial charge in [0.15, 0.2) is 6.23 Å². The summed E-state index contributed by atoms with van der Waals surface area (Å²) in [5.74, 6) is -1.44. The molecule has 1 aromatic carbocycles. The van der Waals surface area contributed by atoms with Crippen molar-refractivity contribution in [3.63, 3.8) is 0 Å². The first-order valence-electron chi connectivity index (χ1n) is 6.74. The van der Waals surface area contributed by atoms with E-state index in [1.807, 2.05) is 0 Å². The Balaban J connectivity index is 1.80. The molecule has 2 unspecified atom stereocenters. The van der Waals surface area contributed by atoms with Crippen LogP contribution in [-0.2, 0) is 9.59 Å². The molecule has 21 heavy (non-hydrogen) atoms. The van der Waals surface area contributed by atoms with Gasteiger partial charge in [-0.1, -0.05) is 6.58 Å². The quantitative estimate of drug-likeness (QED) is 0.802. The van der Waals surface area contributed by atoms with Crippen molar-refractivity contribution in [2.24, 2.45) is 5.92 Å². The van der Waals surface area contributed by atoms with Crippen LogP contribution < -0.4 is 5.32 Å². The summed E-state index contributed by atoms with van der Waals surface area (Å²) in [5.41, 5.74) is 1.69. The van der Waals surface area contributed by atoms with Gasteiger partial charge in [0.25, 0.3) is 0 Å². The van der Waals surface area contributed by atoms with Crippen LogP contribution in [0.25, 0.3) is 5.70 Å². The van der Waals surface area contributed by atoms with E-state index in [0.29, 0.717) is 23.2 Å². The van der Waals surface area contributed by atoms with Crippen molar-refractivity contribution < 1.29 is 19.1 Å². The lowest BCUT2D eigenvalue weighted by Gasteiger charge is -2.30.